The molecule has 4 nitrogen and oxygen atoms in total. The van der Waals surface area contributed by atoms with E-state index in [1.54, 1.807) is 30.5 Å². The van der Waals surface area contributed by atoms with Gasteiger partial charge in [-0.2, -0.15) is 0 Å². The molecule has 0 aliphatic rings. The van der Waals surface area contributed by atoms with Gasteiger partial charge in [0.25, 0.3) is 5.56 Å². The summed E-state index contributed by atoms with van der Waals surface area (Å²) < 4.78 is 20.1. The van der Waals surface area contributed by atoms with Crippen molar-refractivity contribution in [1.29, 1.82) is 0 Å². The average Bonchev–Trinajstić information content (AvgIpc) is 2.48. The maximum atomic E-state index is 13.1. The van der Waals surface area contributed by atoms with Crippen LogP contribution < -0.4 is 16.0 Å². The van der Waals surface area contributed by atoms with E-state index in [1.807, 2.05) is 6.92 Å². The molecule has 0 saturated carbocycles. The molecule has 1 atom stereocenters. The van der Waals surface area contributed by atoms with E-state index in [9.17, 15) is 9.18 Å². The van der Waals surface area contributed by atoms with Gasteiger partial charge in [-0.3, -0.25) is 4.79 Å². The van der Waals surface area contributed by atoms with Gasteiger partial charge in [-0.05, 0) is 29.8 Å². The summed E-state index contributed by atoms with van der Waals surface area (Å²) >= 11 is 4.92. The number of nitrogens with two attached hydrogens (primary N) is 1. The van der Waals surface area contributed by atoms with Crippen LogP contribution in [0.1, 0.15) is 12.5 Å². The molecule has 1 aromatic heterocycles. The average molecular weight is 320 g/mol. The molecule has 0 aliphatic heterocycles. The molecule has 1 heterocycles. The van der Waals surface area contributed by atoms with Gasteiger partial charge in [0, 0.05) is 18.7 Å². The molecular weight excluding hydrogens is 303 g/mol. The van der Waals surface area contributed by atoms with E-state index in [-0.39, 0.29) is 29.7 Å². The number of rotatable bonds is 6. The molecule has 2 aromatic rings. The smallest absolute Gasteiger partial charge is 0.292 e. The molecule has 22 heavy (non-hydrogen) atoms. The second kappa shape index (κ2) is 7.17. The van der Waals surface area contributed by atoms with E-state index in [0.29, 0.717) is 17.1 Å². The summed E-state index contributed by atoms with van der Waals surface area (Å²) in [7, 11) is 0. The van der Waals surface area contributed by atoms with E-state index < -0.39 is 0 Å². The molecule has 0 saturated heterocycles. The number of halogens is 1. The van der Waals surface area contributed by atoms with Gasteiger partial charge in [0.1, 0.15) is 12.4 Å². The van der Waals surface area contributed by atoms with Gasteiger partial charge in [0.2, 0.25) is 0 Å². The van der Waals surface area contributed by atoms with Crippen LogP contribution in [-0.4, -0.2) is 9.56 Å². The molecule has 0 spiro atoms. The Kier molecular flexibility index (Phi) is 5.27. The first kappa shape index (κ1) is 16.2. The van der Waals surface area contributed by atoms with Gasteiger partial charge in [0.05, 0.1) is 4.99 Å². The molecule has 6 heteroatoms. The summed E-state index contributed by atoms with van der Waals surface area (Å²) in [6.07, 6.45) is 1.66. The molecule has 0 fully saturated rings. The minimum absolute atomic E-state index is 0.0915. The Balaban J connectivity index is 2.12. The van der Waals surface area contributed by atoms with Gasteiger partial charge in [-0.1, -0.05) is 31.3 Å². The zero-order valence-electron chi connectivity index (χ0n) is 12.2. The number of pyridine rings is 1. The lowest BCUT2D eigenvalue weighted by Crippen LogP contribution is -2.29. The first-order chi connectivity index (χ1) is 10.5. The van der Waals surface area contributed by atoms with E-state index in [1.165, 1.54) is 16.7 Å². The fourth-order valence-corrected chi connectivity index (χ4v) is 2.02. The summed E-state index contributed by atoms with van der Waals surface area (Å²) in [5.74, 6) is -0.218. The van der Waals surface area contributed by atoms with Crippen LogP contribution in [0.25, 0.3) is 0 Å². The number of ether oxygens (including phenoxy) is 1. The van der Waals surface area contributed by atoms with E-state index in [0.717, 1.165) is 0 Å². The van der Waals surface area contributed by atoms with Crippen LogP contribution >= 0.6 is 12.2 Å². The molecule has 2 rings (SSSR count). The summed E-state index contributed by atoms with van der Waals surface area (Å²) in [4.78, 5) is 12.7. The highest BCUT2D eigenvalue weighted by atomic mass is 32.1. The fraction of sp³-hybridized carbons (Fsp3) is 0.250. The van der Waals surface area contributed by atoms with Crippen LogP contribution in [0.4, 0.5) is 4.39 Å². The third-order valence-electron chi connectivity index (χ3n) is 3.22. The van der Waals surface area contributed by atoms with Crippen molar-refractivity contribution in [3.05, 3.63) is 64.3 Å². The third kappa shape index (κ3) is 4.14. The highest BCUT2D eigenvalue weighted by Crippen LogP contribution is 2.09. The zero-order valence-corrected chi connectivity index (χ0v) is 13.0. The third-order valence-corrected chi connectivity index (χ3v) is 3.63. The number of thiocarbonyl (C=S) groups is 1. The Hall–Kier alpha value is -2.21. The summed E-state index contributed by atoms with van der Waals surface area (Å²) in [6.45, 7) is 2.38. The van der Waals surface area contributed by atoms with Crippen LogP contribution in [0, 0.1) is 11.7 Å². The summed E-state index contributed by atoms with van der Waals surface area (Å²) in [5.41, 5.74) is 5.97. The molecule has 0 radical (unpaired) electrons. The molecule has 116 valence electrons. The second-order valence-electron chi connectivity index (χ2n) is 5.05. The Morgan fingerprint density at radius 2 is 2.18 bits per heavy atom. The first-order valence-corrected chi connectivity index (χ1v) is 7.24. The lowest BCUT2D eigenvalue weighted by atomic mass is 10.2. The van der Waals surface area contributed by atoms with Crippen molar-refractivity contribution in [1.82, 2.24) is 4.57 Å². The number of aromatic nitrogens is 1. The fourth-order valence-electron chi connectivity index (χ4n) is 1.94. The molecule has 1 unspecified atom stereocenters. The van der Waals surface area contributed by atoms with Crippen molar-refractivity contribution in [3.63, 3.8) is 0 Å². The molecule has 1 aromatic carbocycles. The SMILES string of the molecule is CC(Cn1cccc(OCc2cccc(F)c2)c1=O)C(N)=S. The minimum Gasteiger partial charge on any atom is -0.483 e. The van der Waals surface area contributed by atoms with Gasteiger partial charge in [0.15, 0.2) is 5.75 Å². The Morgan fingerprint density at radius 1 is 1.41 bits per heavy atom. The van der Waals surface area contributed by atoms with Crippen molar-refractivity contribution in [2.75, 3.05) is 0 Å². The normalized spacial score (nSPS) is 11.9. The van der Waals surface area contributed by atoms with Crippen LogP contribution in [0.5, 0.6) is 5.75 Å². The Morgan fingerprint density at radius 3 is 2.86 bits per heavy atom. The van der Waals surface area contributed by atoms with Gasteiger partial charge < -0.3 is 15.0 Å². The highest BCUT2D eigenvalue weighted by Gasteiger charge is 2.10. The maximum Gasteiger partial charge on any atom is 0.292 e. The van der Waals surface area contributed by atoms with Crippen molar-refractivity contribution in [2.45, 2.75) is 20.1 Å². The van der Waals surface area contributed by atoms with Crippen molar-refractivity contribution in [3.8, 4) is 5.75 Å². The molecule has 0 bridgehead atoms. The predicted octanol–water partition coefficient (Wildman–Crippen LogP) is 2.49. The highest BCUT2D eigenvalue weighted by molar-refractivity contribution is 7.80. The molecule has 0 amide bonds. The Bertz CT molecular complexity index is 730. The lowest BCUT2D eigenvalue weighted by Gasteiger charge is -2.13. The lowest BCUT2D eigenvalue weighted by molar-refractivity contribution is 0.298. The Labute approximate surface area is 133 Å². The number of nitrogens with zero attached hydrogens (tertiary/aromatic N) is 1. The van der Waals surface area contributed by atoms with Crippen LogP contribution in [0.3, 0.4) is 0 Å². The van der Waals surface area contributed by atoms with Gasteiger partial charge in [-0.15, -0.1) is 0 Å². The van der Waals surface area contributed by atoms with Gasteiger partial charge in [-0.25, -0.2) is 4.39 Å². The largest absolute Gasteiger partial charge is 0.483 e. The van der Waals surface area contributed by atoms with Crippen molar-refractivity contribution >= 4 is 17.2 Å². The quantitative estimate of drug-likeness (QED) is 0.831. The standard InChI is InChI=1S/C16H17FN2O2S/c1-11(15(18)22)9-19-7-3-6-14(16(19)20)21-10-12-4-2-5-13(17)8-12/h2-8,11H,9-10H2,1H3,(H2,18,22). The van der Waals surface area contributed by atoms with E-state index in [4.69, 9.17) is 22.7 Å². The van der Waals surface area contributed by atoms with E-state index >= 15 is 0 Å². The van der Waals surface area contributed by atoms with Crippen LogP contribution in [0.2, 0.25) is 0 Å². The maximum absolute atomic E-state index is 13.1. The van der Waals surface area contributed by atoms with Crippen LogP contribution in [0.15, 0.2) is 47.4 Å². The molecular formula is C16H17FN2O2S. The van der Waals surface area contributed by atoms with E-state index in [2.05, 4.69) is 0 Å². The summed E-state index contributed by atoms with van der Waals surface area (Å²) in [5, 5.41) is 0. The topological polar surface area (TPSA) is 57.2 Å². The van der Waals surface area contributed by atoms with Gasteiger partial charge >= 0.3 is 0 Å². The van der Waals surface area contributed by atoms with Crippen molar-refractivity contribution in [2.24, 2.45) is 11.7 Å². The number of hydrogen-bond acceptors (Lipinski definition) is 3. The number of benzene rings is 1. The minimum atomic E-state index is -0.336. The van der Waals surface area contributed by atoms with Crippen molar-refractivity contribution < 1.29 is 9.13 Å². The molecule has 2 N–H and O–H groups in total. The predicted molar refractivity (Wildman–Crippen MR) is 87.4 cm³/mol. The zero-order chi connectivity index (χ0) is 16.1. The second-order valence-corrected chi connectivity index (χ2v) is 5.52. The van der Waals surface area contributed by atoms with Crippen LogP contribution in [-0.2, 0) is 13.2 Å². The number of hydrogen-bond donors (Lipinski definition) is 1. The molecule has 0 aliphatic carbocycles. The first-order valence-electron chi connectivity index (χ1n) is 6.83. The monoisotopic (exact) mass is 320 g/mol. The summed E-state index contributed by atoms with van der Waals surface area (Å²) in [6, 6.07) is 9.37.